The Morgan fingerprint density at radius 2 is 1.73 bits per heavy atom. The van der Waals surface area contributed by atoms with E-state index < -0.39 is 5.60 Å². The van der Waals surface area contributed by atoms with Crippen molar-refractivity contribution in [3.8, 4) is 0 Å². The second-order valence-electron chi connectivity index (χ2n) is 12.1. The van der Waals surface area contributed by atoms with Crippen LogP contribution in [0.15, 0.2) is 47.4 Å². The lowest BCUT2D eigenvalue weighted by Gasteiger charge is -2.26. The minimum Gasteiger partial charge on any atom is -0.444 e. The standard InChI is InChI=1S/C33H50N4O3S/c1-7-8-9-10-11-23-41-28-17-14-26(15-18-28)34-31(38)29-24-27(16-19-30(29)36(5)6)37-21-12-13-25(20-22-37)35-32(39)40-33(2,3)4/h14-19,24-25H,7-13,20-23H2,1-6H3,(H,34,38)(H,35,39). The molecule has 0 aromatic heterocycles. The predicted molar refractivity (Wildman–Crippen MR) is 174 cm³/mol. The van der Waals surface area contributed by atoms with Crippen LogP contribution in [0.2, 0.25) is 0 Å². The first-order valence-corrected chi connectivity index (χ1v) is 16.1. The number of hydrogen-bond acceptors (Lipinski definition) is 6. The number of unbranched alkanes of at least 4 members (excludes halogenated alkanes) is 4. The van der Waals surface area contributed by atoms with Crippen LogP contribution in [0.4, 0.5) is 21.9 Å². The van der Waals surface area contributed by atoms with Gasteiger partial charge in [0.15, 0.2) is 0 Å². The van der Waals surface area contributed by atoms with Crippen LogP contribution in [0.5, 0.6) is 0 Å². The summed E-state index contributed by atoms with van der Waals surface area (Å²) in [5, 5.41) is 6.14. The van der Waals surface area contributed by atoms with E-state index in [0.29, 0.717) is 5.56 Å². The summed E-state index contributed by atoms with van der Waals surface area (Å²) in [4.78, 5) is 31.3. The van der Waals surface area contributed by atoms with Gasteiger partial charge in [0.05, 0.1) is 5.56 Å². The summed E-state index contributed by atoms with van der Waals surface area (Å²) in [6.07, 6.45) is 8.75. The van der Waals surface area contributed by atoms with Crippen molar-refractivity contribution in [3.05, 3.63) is 48.0 Å². The molecule has 1 heterocycles. The van der Waals surface area contributed by atoms with Crippen molar-refractivity contribution in [2.45, 2.75) is 95.6 Å². The predicted octanol–water partition coefficient (Wildman–Crippen LogP) is 7.95. The van der Waals surface area contributed by atoms with Gasteiger partial charge in [-0.25, -0.2) is 4.79 Å². The van der Waals surface area contributed by atoms with Gasteiger partial charge in [-0.2, -0.15) is 0 Å². The van der Waals surface area contributed by atoms with Gasteiger partial charge in [0.1, 0.15) is 5.60 Å². The molecule has 226 valence electrons. The van der Waals surface area contributed by atoms with E-state index in [4.69, 9.17) is 4.74 Å². The zero-order valence-electron chi connectivity index (χ0n) is 25.9. The molecule has 0 bridgehead atoms. The molecule has 0 radical (unpaired) electrons. The highest BCUT2D eigenvalue weighted by molar-refractivity contribution is 7.99. The summed E-state index contributed by atoms with van der Waals surface area (Å²) in [6, 6.07) is 14.3. The largest absolute Gasteiger partial charge is 0.444 e. The SMILES string of the molecule is CCCCCCCSc1ccc(NC(=O)c2cc(N3CCCC(NC(=O)OC(C)(C)C)CC3)ccc2N(C)C)cc1. The topological polar surface area (TPSA) is 73.9 Å². The fourth-order valence-electron chi connectivity index (χ4n) is 4.99. The fourth-order valence-corrected chi connectivity index (χ4v) is 5.91. The molecular weight excluding hydrogens is 532 g/mol. The average Bonchev–Trinajstić information content (AvgIpc) is 3.15. The van der Waals surface area contributed by atoms with Gasteiger partial charge in [0.25, 0.3) is 5.91 Å². The van der Waals surface area contributed by atoms with Gasteiger partial charge in [-0.05, 0) is 94.7 Å². The number of nitrogens with zero attached hydrogens (tertiary/aromatic N) is 2. The second kappa shape index (κ2) is 15.9. The van der Waals surface area contributed by atoms with Crippen molar-refractivity contribution in [2.24, 2.45) is 0 Å². The van der Waals surface area contributed by atoms with Crippen molar-refractivity contribution >= 4 is 40.8 Å². The van der Waals surface area contributed by atoms with Crippen molar-refractivity contribution < 1.29 is 14.3 Å². The third-order valence-corrected chi connectivity index (χ3v) is 8.25. The van der Waals surface area contributed by atoms with Crippen LogP contribution in [0, 0.1) is 0 Å². The van der Waals surface area contributed by atoms with Gasteiger partial charge >= 0.3 is 6.09 Å². The van der Waals surface area contributed by atoms with E-state index in [-0.39, 0.29) is 18.0 Å². The molecule has 0 spiro atoms. The summed E-state index contributed by atoms with van der Waals surface area (Å²) in [5.74, 6) is 1.01. The van der Waals surface area contributed by atoms with Crippen molar-refractivity contribution in [3.63, 3.8) is 0 Å². The van der Waals surface area contributed by atoms with E-state index in [1.54, 1.807) is 0 Å². The van der Waals surface area contributed by atoms with E-state index in [1.807, 2.05) is 75.8 Å². The Morgan fingerprint density at radius 3 is 2.41 bits per heavy atom. The van der Waals surface area contributed by atoms with Gasteiger partial charge in [-0.3, -0.25) is 4.79 Å². The van der Waals surface area contributed by atoms with Crippen molar-refractivity contribution in [1.82, 2.24) is 5.32 Å². The lowest BCUT2D eigenvalue weighted by Crippen LogP contribution is -2.39. The number of ether oxygens (including phenoxy) is 1. The van der Waals surface area contributed by atoms with Crippen molar-refractivity contribution in [2.75, 3.05) is 48.1 Å². The van der Waals surface area contributed by atoms with Crippen LogP contribution in [-0.2, 0) is 4.74 Å². The molecule has 2 aromatic rings. The molecule has 3 rings (SSSR count). The molecule has 7 nitrogen and oxygen atoms in total. The number of benzene rings is 2. The molecule has 1 atom stereocenters. The summed E-state index contributed by atoms with van der Waals surface area (Å²) >= 11 is 1.88. The number of carbonyl (C=O) groups is 2. The van der Waals surface area contributed by atoms with Gasteiger partial charge in [-0.15, -0.1) is 11.8 Å². The number of carbonyl (C=O) groups excluding carboxylic acids is 2. The number of hydrogen-bond donors (Lipinski definition) is 2. The molecule has 8 heteroatoms. The first kappa shape index (κ1) is 32.6. The normalized spacial score (nSPS) is 15.7. The van der Waals surface area contributed by atoms with Crippen LogP contribution in [-0.4, -0.2) is 56.6 Å². The molecule has 0 saturated carbocycles. The number of thioether (sulfide) groups is 1. The quantitative estimate of drug-likeness (QED) is 0.195. The van der Waals surface area contributed by atoms with Crippen LogP contribution < -0.4 is 20.4 Å². The Kier molecular flexibility index (Phi) is 12.7. The zero-order valence-corrected chi connectivity index (χ0v) is 26.7. The highest BCUT2D eigenvalue weighted by Gasteiger charge is 2.23. The van der Waals surface area contributed by atoms with E-state index in [0.717, 1.165) is 55.2 Å². The third-order valence-electron chi connectivity index (χ3n) is 7.15. The minimum atomic E-state index is -0.513. The Labute approximate surface area is 251 Å². The van der Waals surface area contributed by atoms with Crippen LogP contribution in [0.25, 0.3) is 0 Å². The lowest BCUT2D eigenvalue weighted by atomic mass is 10.1. The molecular formula is C33H50N4O3S. The molecule has 1 aliphatic rings. The summed E-state index contributed by atoms with van der Waals surface area (Å²) < 4.78 is 5.45. The maximum atomic E-state index is 13.5. The van der Waals surface area contributed by atoms with E-state index >= 15 is 0 Å². The van der Waals surface area contributed by atoms with Crippen molar-refractivity contribution in [1.29, 1.82) is 0 Å². The first-order chi connectivity index (χ1) is 19.6. The first-order valence-electron chi connectivity index (χ1n) is 15.2. The molecule has 1 unspecified atom stereocenters. The fraction of sp³-hybridized carbons (Fsp3) is 0.576. The number of nitrogens with one attached hydrogen (secondary N) is 2. The third kappa shape index (κ3) is 11.1. The highest BCUT2D eigenvalue weighted by atomic mass is 32.2. The Bertz CT molecular complexity index is 1110. The average molecular weight is 583 g/mol. The van der Waals surface area contributed by atoms with E-state index in [9.17, 15) is 9.59 Å². The molecule has 41 heavy (non-hydrogen) atoms. The Morgan fingerprint density at radius 1 is 1.00 bits per heavy atom. The van der Waals surface area contributed by atoms with Crippen LogP contribution >= 0.6 is 11.8 Å². The molecule has 1 aliphatic heterocycles. The maximum Gasteiger partial charge on any atom is 0.407 e. The van der Waals surface area contributed by atoms with Gasteiger partial charge in [0, 0.05) is 55.2 Å². The smallest absolute Gasteiger partial charge is 0.407 e. The monoisotopic (exact) mass is 582 g/mol. The molecule has 2 aromatic carbocycles. The number of amides is 2. The zero-order chi connectivity index (χ0) is 29.8. The molecule has 1 saturated heterocycles. The summed E-state index contributed by atoms with van der Waals surface area (Å²) in [5.41, 5.74) is 2.82. The number of rotatable bonds is 12. The second-order valence-corrected chi connectivity index (χ2v) is 13.3. The number of alkyl carbamates (subject to hydrolysis) is 1. The molecule has 0 aliphatic carbocycles. The van der Waals surface area contributed by atoms with Crippen LogP contribution in [0.1, 0.15) is 89.4 Å². The molecule has 2 N–H and O–H groups in total. The van der Waals surface area contributed by atoms with Gasteiger partial charge < -0.3 is 25.2 Å². The minimum absolute atomic E-state index is 0.0702. The van der Waals surface area contributed by atoms with Crippen LogP contribution in [0.3, 0.4) is 0 Å². The van der Waals surface area contributed by atoms with E-state index in [1.165, 1.54) is 37.0 Å². The van der Waals surface area contributed by atoms with E-state index in [2.05, 4.69) is 40.7 Å². The molecule has 2 amide bonds. The maximum absolute atomic E-state index is 13.5. The van der Waals surface area contributed by atoms with Gasteiger partial charge in [0.2, 0.25) is 0 Å². The lowest BCUT2D eigenvalue weighted by molar-refractivity contribution is 0.0500. The number of anilines is 3. The summed E-state index contributed by atoms with van der Waals surface area (Å²) in [7, 11) is 3.91. The van der Waals surface area contributed by atoms with Gasteiger partial charge in [-0.1, -0.05) is 32.6 Å². The summed E-state index contributed by atoms with van der Waals surface area (Å²) in [6.45, 7) is 9.52. The Balaban J connectivity index is 1.61. The Hall–Kier alpha value is -2.87. The highest BCUT2D eigenvalue weighted by Crippen LogP contribution is 2.29. The molecule has 1 fully saturated rings.